The molecule has 0 N–H and O–H groups in total. The Hall–Kier alpha value is 0.810. The zero-order chi connectivity index (χ0) is 8.43. The first-order valence-electron chi connectivity index (χ1n) is 2.68. The Morgan fingerprint density at radius 2 is 1.73 bits per heavy atom. The van der Waals surface area contributed by atoms with Crippen molar-refractivity contribution >= 4 is 57.6 Å². The molecule has 0 aliphatic rings. The number of rotatable bonds is 1. The van der Waals surface area contributed by atoms with Crippen LogP contribution in [0.4, 0.5) is 0 Å². The second-order valence-electron chi connectivity index (χ2n) is 1.81. The SMILES string of the molecule is Clc1cccc(P(Cl)Cl)c1Cl. The number of hydrogen-bond acceptors (Lipinski definition) is 0. The smallest absolute Gasteiger partial charge is 0.0827 e. The summed E-state index contributed by atoms with van der Waals surface area (Å²) < 4.78 is 0. The van der Waals surface area contributed by atoms with E-state index in [-0.39, 0.29) is 0 Å². The Kier molecular flexibility index (Phi) is 3.74. The summed E-state index contributed by atoms with van der Waals surface area (Å²) in [5.74, 6) is 0. The van der Waals surface area contributed by atoms with E-state index in [9.17, 15) is 0 Å². The Balaban J connectivity index is 3.17. The van der Waals surface area contributed by atoms with Crippen molar-refractivity contribution in [2.75, 3.05) is 0 Å². The maximum Gasteiger partial charge on any atom is 0.118 e. The van der Waals surface area contributed by atoms with E-state index >= 15 is 0 Å². The van der Waals surface area contributed by atoms with E-state index in [0.29, 0.717) is 15.3 Å². The Bertz CT molecular complexity index is 261. The topological polar surface area (TPSA) is 0 Å². The van der Waals surface area contributed by atoms with Crippen LogP contribution < -0.4 is 5.30 Å². The van der Waals surface area contributed by atoms with Crippen molar-refractivity contribution in [1.82, 2.24) is 0 Å². The van der Waals surface area contributed by atoms with Crippen LogP contribution in [-0.2, 0) is 0 Å². The van der Waals surface area contributed by atoms with E-state index in [4.69, 9.17) is 45.7 Å². The van der Waals surface area contributed by atoms with Gasteiger partial charge in [-0.3, -0.25) is 0 Å². The Labute approximate surface area is 85.7 Å². The van der Waals surface area contributed by atoms with Crippen molar-refractivity contribution in [2.45, 2.75) is 0 Å². The summed E-state index contributed by atoms with van der Waals surface area (Å²) in [7, 11) is 0. The number of halogens is 4. The molecular weight excluding hydrogens is 245 g/mol. The molecular formula is C6H3Cl4P. The maximum absolute atomic E-state index is 5.80. The Morgan fingerprint density at radius 1 is 1.09 bits per heavy atom. The lowest BCUT2D eigenvalue weighted by atomic mass is 10.4. The summed E-state index contributed by atoms with van der Waals surface area (Å²) in [6.45, 7) is -1.20. The normalized spacial score (nSPS) is 10.6. The predicted molar refractivity (Wildman–Crippen MR) is 54.7 cm³/mol. The molecule has 0 nitrogen and oxygen atoms in total. The maximum atomic E-state index is 5.80. The molecule has 0 saturated heterocycles. The fourth-order valence-corrected chi connectivity index (χ4v) is 2.82. The van der Waals surface area contributed by atoms with Gasteiger partial charge in [0.05, 0.1) is 10.0 Å². The average Bonchev–Trinajstić information content (AvgIpc) is 1.94. The molecule has 0 aromatic heterocycles. The monoisotopic (exact) mass is 246 g/mol. The van der Waals surface area contributed by atoms with Crippen LogP contribution >= 0.6 is 52.3 Å². The van der Waals surface area contributed by atoms with Gasteiger partial charge < -0.3 is 0 Å². The van der Waals surface area contributed by atoms with Crippen LogP contribution in [0.5, 0.6) is 0 Å². The third-order valence-corrected chi connectivity index (χ3v) is 3.89. The highest BCUT2D eigenvalue weighted by molar-refractivity contribution is 8.09. The lowest BCUT2D eigenvalue weighted by Crippen LogP contribution is -1.95. The molecule has 0 aliphatic carbocycles. The van der Waals surface area contributed by atoms with Crippen molar-refractivity contribution in [3.05, 3.63) is 28.2 Å². The van der Waals surface area contributed by atoms with Gasteiger partial charge in [-0.05, 0) is 6.07 Å². The first-order valence-corrected chi connectivity index (χ1v) is 6.59. The fraction of sp³-hybridized carbons (Fsp3) is 0. The fourth-order valence-electron chi connectivity index (χ4n) is 0.623. The molecule has 11 heavy (non-hydrogen) atoms. The van der Waals surface area contributed by atoms with E-state index in [1.165, 1.54) is 0 Å². The first-order chi connectivity index (χ1) is 5.13. The second-order valence-corrected chi connectivity index (χ2v) is 6.09. The molecule has 0 fully saturated rings. The molecule has 0 saturated carbocycles. The molecule has 0 radical (unpaired) electrons. The van der Waals surface area contributed by atoms with Crippen molar-refractivity contribution in [3.8, 4) is 0 Å². The summed E-state index contributed by atoms with van der Waals surface area (Å²) >= 11 is 22.9. The molecule has 60 valence electrons. The third-order valence-electron chi connectivity index (χ3n) is 1.11. The molecule has 1 aromatic rings. The van der Waals surface area contributed by atoms with Crippen LogP contribution in [0.1, 0.15) is 0 Å². The van der Waals surface area contributed by atoms with Crippen molar-refractivity contribution in [2.24, 2.45) is 0 Å². The van der Waals surface area contributed by atoms with Crippen LogP contribution in [0.15, 0.2) is 18.2 Å². The van der Waals surface area contributed by atoms with E-state index < -0.39 is 6.63 Å². The van der Waals surface area contributed by atoms with Crippen LogP contribution in [0.2, 0.25) is 10.0 Å². The molecule has 0 heterocycles. The molecule has 0 bridgehead atoms. The highest BCUT2D eigenvalue weighted by Crippen LogP contribution is 2.47. The molecule has 0 amide bonds. The summed E-state index contributed by atoms with van der Waals surface area (Å²) in [5.41, 5.74) is 0. The van der Waals surface area contributed by atoms with Crippen LogP contribution in [-0.4, -0.2) is 0 Å². The van der Waals surface area contributed by atoms with Crippen LogP contribution in [0.3, 0.4) is 0 Å². The third kappa shape index (κ3) is 2.37. The summed E-state index contributed by atoms with van der Waals surface area (Å²) in [4.78, 5) is 0. The lowest BCUT2D eigenvalue weighted by Gasteiger charge is -2.03. The Morgan fingerprint density at radius 3 is 2.18 bits per heavy atom. The zero-order valence-electron chi connectivity index (χ0n) is 5.19. The molecule has 0 atom stereocenters. The van der Waals surface area contributed by atoms with E-state index in [2.05, 4.69) is 0 Å². The van der Waals surface area contributed by atoms with Gasteiger partial charge in [-0.25, -0.2) is 0 Å². The molecule has 1 rings (SSSR count). The van der Waals surface area contributed by atoms with Crippen LogP contribution in [0.25, 0.3) is 0 Å². The van der Waals surface area contributed by atoms with E-state index in [1.807, 2.05) is 0 Å². The first kappa shape index (κ1) is 9.89. The number of benzene rings is 1. The minimum atomic E-state index is -1.20. The van der Waals surface area contributed by atoms with Crippen molar-refractivity contribution < 1.29 is 0 Å². The summed E-state index contributed by atoms with van der Waals surface area (Å²) in [6, 6.07) is 5.23. The van der Waals surface area contributed by atoms with Gasteiger partial charge in [0.2, 0.25) is 0 Å². The second kappa shape index (κ2) is 4.16. The van der Waals surface area contributed by atoms with Gasteiger partial charge in [0, 0.05) is 5.30 Å². The average molecular weight is 248 g/mol. The van der Waals surface area contributed by atoms with Gasteiger partial charge in [-0.2, -0.15) is 0 Å². The largest absolute Gasteiger partial charge is 0.118 e. The highest BCUT2D eigenvalue weighted by atomic mass is 35.9. The van der Waals surface area contributed by atoms with Gasteiger partial charge in [0.1, 0.15) is 6.63 Å². The molecule has 0 unspecified atom stereocenters. The highest BCUT2D eigenvalue weighted by Gasteiger charge is 2.10. The summed E-state index contributed by atoms with van der Waals surface area (Å²) in [6.07, 6.45) is 0. The van der Waals surface area contributed by atoms with Crippen molar-refractivity contribution in [1.29, 1.82) is 0 Å². The van der Waals surface area contributed by atoms with Gasteiger partial charge >= 0.3 is 0 Å². The molecule has 0 aliphatic heterocycles. The van der Waals surface area contributed by atoms with Gasteiger partial charge in [0.25, 0.3) is 0 Å². The van der Waals surface area contributed by atoms with E-state index in [0.717, 1.165) is 0 Å². The molecule has 5 heteroatoms. The van der Waals surface area contributed by atoms with Gasteiger partial charge in [-0.1, -0.05) is 57.8 Å². The van der Waals surface area contributed by atoms with Crippen molar-refractivity contribution in [3.63, 3.8) is 0 Å². The molecule has 0 spiro atoms. The molecule has 1 aromatic carbocycles. The summed E-state index contributed by atoms with van der Waals surface area (Å²) in [5, 5.41) is 1.64. The zero-order valence-corrected chi connectivity index (χ0v) is 9.11. The minimum absolute atomic E-state index is 0.449. The van der Waals surface area contributed by atoms with Crippen LogP contribution in [0, 0.1) is 0 Å². The number of hydrogen-bond donors (Lipinski definition) is 0. The van der Waals surface area contributed by atoms with Gasteiger partial charge in [0.15, 0.2) is 0 Å². The minimum Gasteiger partial charge on any atom is -0.0827 e. The van der Waals surface area contributed by atoms with E-state index in [1.54, 1.807) is 18.2 Å². The quantitative estimate of drug-likeness (QED) is 0.645. The lowest BCUT2D eigenvalue weighted by molar-refractivity contribution is 1.77. The van der Waals surface area contributed by atoms with Gasteiger partial charge in [-0.15, -0.1) is 0 Å². The predicted octanol–water partition coefficient (Wildman–Crippen LogP) is 4.41. The standard InChI is InChI=1S/C6H3Cl4P/c7-4-2-1-3-5(6(4)8)11(9)10/h1-3H.